The van der Waals surface area contributed by atoms with Gasteiger partial charge < -0.3 is 14.4 Å². The number of nitrogens with zero attached hydrogens (tertiary/aromatic N) is 3. The minimum atomic E-state index is -0.580. The predicted molar refractivity (Wildman–Crippen MR) is 79.0 cm³/mol. The van der Waals surface area contributed by atoms with Crippen LogP contribution >= 0.6 is 0 Å². The fourth-order valence-electron chi connectivity index (χ4n) is 2.33. The van der Waals surface area contributed by atoms with Gasteiger partial charge in [0.25, 0.3) is 0 Å². The molecule has 0 spiro atoms. The highest BCUT2D eigenvalue weighted by Gasteiger charge is 2.32. The zero-order valence-corrected chi connectivity index (χ0v) is 13.5. The Labute approximate surface area is 130 Å². The highest BCUT2D eigenvalue weighted by Crippen LogP contribution is 2.19. The van der Waals surface area contributed by atoms with E-state index in [4.69, 9.17) is 9.47 Å². The summed E-state index contributed by atoms with van der Waals surface area (Å²) >= 11 is 0. The van der Waals surface area contributed by atoms with E-state index in [-0.39, 0.29) is 12.5 Å². The number of carbonyl (C=O) groups excluding carboxylic acids is 2. The summed E-state index contributed by atoms with van der Waals surface area (Å²) in [5.41, 5.74) is 0.293. The Hall–Kier alpha value is -2.05. The Kier molecular flexibility index (Phi) is 4.73. The number of hydrogen-bond acceptors (Lipinski definition) is 5. The van der Waals surface area contributed by atoms with E-state index in [0.717, 1.165) is 5.69 Å². The van der Waals surface area contributed by atoms with Gasteiger partial charge in [0.2, 0.25) is 0 Å². The molecular weight excluding hydrogens is 286 g/mol. The molecule has 0 bridgehead atoms. The average Bonchev–Trinajstić information content (AvgIpc) is 2.74. The number of amides is 1. The molecule has 0 aromatic carbocycles. The highest BCUT2D eigenvalue weighted by atomic mass is 16.6. The summed E-state index contributed by atoms with van der Waals surface area (Å²) in [6, 6.07) is 1.84. The Morgan fingerprint density at radius 1 is 1.36 bits per heavy atom. The first kappa shape index (κ1) is 16.3. The van der Waals surface area contributed by atoms with Crippen LogP contribution in [0.25, 0.3) is 0 Å². The molecule has 0 N–H and O–H groups in total. The third-order valence-electron chi connectivity index (χ3n) is 3.26. The van der Waals surface area contributed by atoms with Crippen LogP contribution in [0.4, 0.5) is 4.79 Å². The van der Waals surface area contributed by atoms with E-state index in [1.165, 1.54) is 4.90 Å². The monoisotopic (exact) mass is 309 g/mol. The first-order valence-corrected chi connectivity index (χ1v) is 7.45. The van der Waals surface area contributed by atoms with E-state index in [1.54, 1.807) is 17.8 Å². The van der Waals surface area contributed by atoms with Crippen LogP contribution in [0.3, 0.4) is 0 Å². The first-order valence-electron chi connectivity index (χ1n) is 7.45. The summed E-state index contributed by atoms with van der Waals surface area (Å²) in [5, 5.41) is 4.21. The molecule has 7 nitrogen and oxygen atoms in total. The van der Waals surface area contributed by atoms with Gasteiger partial charge in [0, 0.05) is 12.7 Å². The van der Waals surface area contributed by atoms with Gasteiger partial charge in [-0.2, -0.15) is 5.10 Å². The third-order valence-corrected chi connectivity index (χ3v) is 3.26. The molecule has 0 saturated carbocycles. The second-order valence-electron chi connectivity index (χ2n) is 6.31. The Morgan fingerprint density at radius 3 is 2.73 bits per heavy atom. The van der Waals surface area contributed by atoms with Crippen molar-refractivity contribution in [3.8, 4) is 0 Å². The van der Waals surface area contributed by atoms with Crippen LogP contribution in [-0.4, -0.2) is 45.5 Å². The minimum Gasteiger partial charge on any atom is -0.466 e. The van der Waals surface area contributed by atoms with Gasteiger partial charge in [0.1, 0.15) is 5.60 Å². The van der Waals surface area contributed by atoms with Crippen molar-refractivity contribution in [2.45, 2.75) is 46.4 Å². The van der Waals surface area contributed by atoms with E-state index >= 15 is 0 Å². The predicted octanol–water partition coefficient (Wildman–Crippen LogP) is 1.81. The number of aromatic nitrogens is 2. The molecule has 1 unspecified atom stereocenters. The highest BCUT2D eigenvalue weighted by molar-refractivity contribution is 5.74. The van der Waals surface area contributed by atoms with E-state index in [0.29, 0.717) is 19.7 Å². The molecule has 0 saturated heterocycles. The van der Waals surface area contributed by atoms with E-state index in [2.05, 4.69) is 5.10 Å². The molecule has 1 aromatic rings. The lowest BCUT2D eigenvalue weighted by molar-refractivity contribution is -0.149. The van der Waals surface area contributed by atoms with Gasteiger partial charge >= 0.3 is 12.1 Å². The lowest BCUT2D eigenvalue weighted by Crippen LogP contribution is -2.40. The van der Waals surface area contributed by atoms with Gasteiger partial charge in [-0.15, -0.1) is 0 Å². The summed E-state index contributed by atoms with van der Waals surface area (Å²) < 4.78 is 12.3. The first-order chi connectivity index (χ1) is 10.3. The van der Waals surface area contributed by atoms with Crippen LogP contribution in [0.2, 0.25) is 0 Å². The maximum Gasteiger partial charge on any atom is 0.410 e. The van der Waals surface area contributed by atoms with E-state index in [9.17, 15) is 9.59 Å². The molecular formula is C15H23N3O4. The Morgan fingerprint density at radius 2 is 2.09 bits per heavy atom. The lowest BCUT2D eigenvalue weighted by Gasteiger charge is -2.27. The van der Waals surface area contributed by atoms with Crippen molar-refractivity contribution in [3.63, 3.8) is 0 Å². The molecule has 1 amide bonds. The van der Waals surface area contributed by atoms with Crippen LogP contribution in [-0.2, 0) is 27.4 Å². The molecule has 0 aliphatic carbocycles. The van der Waals surface area contributed by atoms with Crippen molar-refractivity contribution in [1.29, 1.82) is 0 Å². The maximum absolute atomic E-state index is 12.3. The minimum absolute atomic E-state index is 0.261. The van der Waals surface area contributed by atoms with Gasteiger partial charge in [0.15, 0.2) is 0 Å². The largest absolute Gasteiger partial charge is 0.466 e. The molecule has 2 rings (SSSR count). The average molecular weight is 309 g/mol. The molecule has 1 aliphatic rings. The quantitative estimate of drug-likeness (QED) is 0.779. The number of rotatable bonds is 2. The Bertz CT molecular complexity index is 547. The molecule has 22 heavy (non-hydrogen) atoms. The molecule has 7 heteroatoms. The Balaban J connectivity index is 2.20. The van der Waals surface area contributed by atoms with Gasteiger partial charge in [-0.1, -0.05) is 0 Å². The van der Waals surface area contributed by atoms with Crippen molar-refractivity contribution in [1.82, 2.24) is 14.7 Å². The summed E-state index contributed by atoms with van der Waals surface area (Å²) in [7, 11) is 0. The van der Waals surface area contributed by atoms with Gasteiger partial charge in [-0.25, -0.2) is 4.79 Å². The van der Waals surface area contributed by atoms with Crippen molar-refractivity contribution in [3.05, 3.63) is 18.0 Å². The van der Waals surface area contributed by atoms with Crippen LogP contribution in [0, 0.1) is 5.92 Å². The van der Waals surface area contributed by atoms with E-state index in [1.807, 2.05) is 26.8 Å². The van der Waals surface area contributed by atoms with Crippen molar-refractivity contribution in [2.24, 2.45) is 5.92 Å². The smallest absolute Gasteiger partial charge is 0.410 e. The standard InChI is InChI=1S/C15H23N3O4/c1-5-21-13(19)11-8-17(14(20)22-15(2,3)4)10-12-6-7-16-18(12)9-11/h6-7,11H,5,8-10H2,1-4H3. The molecule has 1 aliphatic heterocycles. The zero-order valence-electron chi connectivity index (χ0n) is 13.5. The van der Waals surface area contributed by atoms with Gasteiger partial charge in [-0.05, 0) is 33.8 Å². The molecule has 0 fully saturated rings. The number of fused-ring (bicyclic) bond motifs is 1. The normalized spacial score (nSPS) is 18.4. The second-order valence-corrected chi connectivity index (χ2v) is 6.31. The molecule has 1 aromatic heterocycles. The summed E-state index contributed by atoms with van der Waals surface area (Å²) in [4.78, 5) is 26.0. The molecule has 0 radical (unpaired) electrons. The second kappa shape index (κ2) is 6.37. The van der Waals surface area contributed by atoms with Gasteiger partial charge in [-0.3, -0.25) is 9.48 Å². The number of esters is 1. The van der Waals surface area contributed by atoms with Gasteiger partial charge in [0.05, 0.1) is 31.3 Å². The fourth-order valence-corrected chi connectivity index (χ4v) is 2.33. The van der Waals surface area contributed by atoms with Crippen LogP contribution in [0.1, 0.15) is 33.4 Å². The van der Waals surface area contributed by atoms with Crippen LogP contribution in [0.15, 0.2) is 12.3 Å². The summed E-state index contributed by atoms with van der Waals surface area (Å²) in [6.45, 7) is 8.55. The van der Waals surface area contributed by atoms with Crippen LogP contribution < -0.4 is 0 Å². The van der Waals surface area contributed by atoms with Crippen molar-refractivity contribution in [2.75, 3.05) is 13.2 Å². The third kappa shape index (κ3) is 3.99. The molecule has 2 heterocycles. The number of ether oxygens (including phenoxy) is 2. The zero-order chi connectivity index (χ0) is 16.3. The van der Waals surface area contributed by atoms with Crippen molar-refractivity contribution >= 4 is 12.1 Å². The number of carbonyl (C=O) groups is 2. The molecule has 122 valence electrons. The van der Waals surface area contributed by atoms with Crippen LogP contribution in [0.5, 0.6) is 0 Å². The number of hydrogen-bond donors (Lipinski definition) is 0. The van der Waals surface area contributed by atoms with E-state index < -0.39 is 17.6 Å². The fraction of sp³-hybridized carbons (Fsp3) is 0.667. The summed E-state index contributed by atoms with van der Waals surface area (Å²) in [6.07, 6.45) is 1.23. The maximum atomic E-state index is 12.3. The molecule has 1 atom stereocenters. The summed E-state index contributed by atoms with van der Waals surface area (Å²) in [5.74, 6) is -0.770. The van der Waals surface area contributed by atoms with Crippen molar-refractivity contribution < 1.29 is 19.1 Å². The lowest BCUT2D eigenvalue weighted by atomic mass is 10.1. The topological polar surface area (TPSA) is 73.7 Å². The SMILES string of the molecule is CCOC(=O)C1CN(C(=O)OC(C)(C)C)Cc2ccnn2C1.